The van der Waals surface area contributed by atoms with Gasteiger partial charge >= 0.3 is 0 Å². The van der Waals surface area contributed by atoms with E-state index in [0.29, 0.717) is 0 Å². The van der Waals surface area contributed by atoms with Gasteiger partial charge in [-0.05, 0) is 12.3 Å². The highest BCUT2D eigenvalue weighted by atomic mass is 16.1. The molecule has 0 saturated heterocycles. The molecule has 1 N–H and O–H groups in total. The minimum absolute atomic E-state index is 0.112. The molecule has 0 aromatic heterocycles. The molecule has 0 aromatic rings. The summed E-state index contributed by atoms with van der Waals surface area (Å²) in [6.45, 7) is 9.11. The maximum Gasteiger partial charge on any atom is 0.222 e. The largest absolute Gasteiger partial charge is 0.356 e. The standard InChI is InChI=1S/C11H23NO/c1-5-6-10(4)7-8-12-11(13)9(2)3/h9-10H,5-8H2,1-4H3,(H,12,13). The Hall–Kier alpha value is -0.530. The Morgan fingerprint density at radius 3 is 2.31 bits per heavy atom. The molecule has 0 spiro atoms. The van der Waals surface area contributed by atoms with E-state index in [4.69, 9.17) is 0 Å². The zero-order valence-corrected chi connectivity index (χ0v) is 9.39. The minimum atomic E-state index is 0.112. The van der Waals surface area contributed by atoms with Gasteiger partial charge in [-0.15, -0.1) is 0 Å². The lowest BCUT2D eigenvalue weighted by Gasteiger charge is -2.11. The van der Waals surface area contributed by atoms with Crippen molar-refractivity contribution < 1.29 is 4.79 Å². The maximum absolute atomic E-state index is 11.2. The summed E-state index contributed by atoms with van der Waals surface area (Å²) >= 11 is 0. The fraction of sp³-hybridized carbons (Fsp3) is 0.909. The normalized spacial score (nSPS) is 13.0. The van der Waals surface area contributed by atoms with Crippen LogP contribution in [-0.2, 0) is 4.79 Å². The number of nitrogens with one attached hydrogen (secondary N) is 1. The van der Waals surface area contributed by atoms with Crippen molar-refractivity contribution in [1.82, 2.24) is 5.32 Å². The molecule has 0 rings (SSSR count). The Morgan fingerprint density at radius 1 is 1.23 bits per heavy atom. The summed E-state index contributed by atoms with van der Waals surface area (Å²) in [5.74, 6) is 1.02. The Kier molecular flexibility index (Phi) is 6.65. The number of rotatable bonds is 6. The quantitative estimate of drug-likeness (QED) is 0.677. The third-order valence-corrected chi connectivity index (χ3v) is 2.24. The molecule has 0 aliphatic carbocycles. The molecule has 2 heteroatoms. The lowest BCUT2D eigenvalue weighted by Crippen LogP contribution is -2.29. The predicted octanol–water partition coefficient (Wildman–Crippen LogP) is 2.58. The lowest BCUT2D eigenvalue weighted by atomic mass is 10.0. The minimum Gasteiger partial charge on any atom is -0.356 e. The molecule has 0 heterocycles. The van der Waals surface area contributed by atoms with Gasteiger partial charge in [0.05, 0.1) is 0 Å². The van der Waals surface area contributed by atoms with Gasteiger partial charge in [0.2, 0.25) is 5.91 Å². The second-order valence-electron chi connectivity index (χ2n) is 4.13. The van der Waals surface area contributed by atoms with Crippen molar-refractivity contribution in [3.05, 3.63) is 0 Å². The summed E-state index contributed by atoms with van der Waals surface area (Å²) in [4.78, 5) is 11.2. The molecular formula is C11H23NO. The number of hydrogen-bond acceptors (Lipinski definition) is 1. The van der Waals surface area contributed by atoms with Crippen molar-refractivity contribution in [2.45, 2.75) is 47.0 Å². The van der Waals surface area contributed by atoms with E-state index in [1.54, 1.807) is 0 Å². The van der Waals surface area contributed by atoms with Crippen molar-refractivity contribution in [3.8, 4) is 0 Å². The smallest absolute Gasteiger partial charge is 0.222 e. The van der Waals surface area contributed by atoms with E-state index in [1.165, 1.54) is 12.8 Å². The van der Waals surface area contributed by atoms with E-state index in [9.17, 15) is 4.79 Å². The van der Waals surface area contributed by atoms with E-state index in [2.05, 4.69) is 19.2 Å². The van der Waals surface area contributed by atoms with Gasteiger partial charge in [-0.3, -0.25) is 4.79 Å². The monoisotopic (exact) mass is 185 g/mol. The van der Waals surface area contributed by atoms with Crippen molar-refractivity contribution in [1.29, 1.82) is 0 Å². The van der Waals surface area contributed by atoms with Crippen LogP contribution in [0, 0.1) is 11.8 Å². The zero-order valence-electron chi connectivity index (χ0n) is 9.39. The molecule has 1 unspecified atom stereocenters. The van der Waals surface area contributed by atoms with Crippen LogP contribution in [0.2, 0.25) is 0 Å². The Balaban J connectivity index is 3.39. The fourth-order valence-corrected chi connectivity index (χ4v) is 1.28. The number of carbonyl (C=O) groups is 1. The average Bonchev–Trinajstić information content (AvgIpc) is 2.04. The molecular weight excluding hydrogens is 162 g/mol. The maximum atomic E-state index is 11.2. The van der Waals surface area contributed by atoms with Gasteiger partial charge in [0.1, 0.15) is 0 Å². The van der Waals surface area contributed by atoms with Crippen LogP contribution in [0.3, 0.4) is 0 Å². The van der Waals surface area contributed by atoms with Crippen molar-refractivity contribution in [2.24, 2.45) is 11.8 Å². The van der Waals surface area contributed by atoms with E-state index < -0.39 is 0 Å². The van der Waals surface area contributed by atoms with Crippen LogP contribution in [-0.4, -0.2) is 12.5 Å². The number of amides is 1. The molecule has 2 nitrogen and oxygen atoms in total. The van der Waals surface area contributed by atoms with Gasteiger partial charge in [0.25, 0.3) is 0 Å². The van der Waals surface area contributed by atoms with Gasteiger partial charge in [-0.2, -0.15) is 0 Å². The first-order chi connectivity index (χ1) is 6.07. The molecule has 0 fully saturated rings. The highest BCUT2D eigenvalue weighted by Gasteiger charge is 2.06. The highest BCUT2D eigenvalue weighted by Crippen LogP contribution is 2.08. The second-order valence-corrected chi connectivity index (χ2v) is 4.13. The average molecular weight is 185 g/mol. The van der Waals surface area contributed by atoms with Crippen molar-refractivity contribution in [3.63, 3.8) is 0 Å². The summed E-state index contributed by atoms with van der Waals surface area (Å²) in [6.07, 6.45) is 3.60. The third kappa shape index (κ3) is 6.62. The Morgan fingerprint density at radius 2 is 1.85 bits per heavy atom. The first-order valence-corrected chi connectivity index (χ1v) is 5.35. The topological polar surface area (TPSA) is 29.1 Å². The number of hydrogen-bond donors (Lipinski definition) is 1. The van der Waals surface area contributed by atoms with Crippen LogP contribution in [0.1, 0.15) is 47.0 Å². The van der Waals surface area contributed by atoms with Crippen molar-refractivity contribution in [2.75, 3.05) is 6.54 Å². The van der Waals surface area contributed by atoms with Crippen LogP contribution < -0.4 is 5.32 Å². The fourth-order valence-electron chi connectivity index (χ4n) is 1.28. The van der Waals surface area contributed by atoms with Crippen LogP contribution in [0.4, 0.5) is 0 Å². The SMILES string of the molecule is CCCC(C)CCNC(=O)C(C)C. The molecule has 0 bridgehead atoms. The predicted molar refractivity (Wildman–Crippen MR) is 56.5 cm³/mol. The molecule has 1 amide bonds. The van der Waals surface area contributed by atoms with Gasteiger partial charge in [-0.1, -0.05) is 40.5 Å². The summed E-state index contributed by atoms with van der Waals surface area (Å²) in [5.41, 5.74) is 0. The van der Waals surface area contributed by atoms with Crippen LogP contribution >= 0.6 is 0 Å². The van der Waals surface area contributed by atoms with Gasteiger partial charge in [0, 0.05) is 12.5 Å². The van der Waals surface area contributed by atoms with E-state index in [-0.39, 0.29) is 11.8 Å². The highest BCUT2D eigenvalue weighted by molar-refractivity contribution is 5.77. The first-order valence-electron chi connectivity index (χ1n) is 5.35. The molecule has 0 aliphatic rings. The molecule has 1 atom stereocenters. The summed E-state index contributed by atoms with van der Waals surface area (Å²) < 4.78 is 0. The molecule has 0 aromatic carbocycles. The van der Waals surface area contributed by atoms with E-state index in [1.807, 2.05) is 13.8 Å². The van der Waals surface area contributed by atoms with Crippen molar-refractivity contribution >= 4 is 5.91 Å². The molecule has 0 saturated carbocycles. The summed E-state index contributed by atoms with van der Waals surface area (Å²) in [6, 6.07) is 0. The molecule has 0 aliphatic heterocycles. The van der Waals surface area contributed by atoms with Crippen LogP contribution in [0.5, 0.6) is 0 Å². The zero-order chi connectivity index (χ0) is 10.3. The van der Waals surface area contributed by atoms with Gasteiger partial charge in [-0.25, -0.2) is 0 Å². The Bertz CT molecular complexity index is 143. The van der Waals surface area contributed by atoms with E-state index >= 15 is 0 Å². The van der Waals surface area contributed by atoms with Crippen LogP contribution in [0.15, 0.2) is 0 Å². The van der Waals surface area contributed by atoms with Gasteiger partial charge in [0.15, 0.2) is 0 Å². The first kappa shape index (κ1) is 12.5. The molecule has 0 radical (unpaired) electrons. The van der Waals surface area contributed by atoms with E-state index in [0.717, 1.165) is 18.9 Å². The third-order valence-electron chi connectivity index (χ3n) is 2.24. The number of carbonyl (C=O) groups excluding carboxylic acids is 1. The Labute approximate surface area is 82.1 Å². The second kappa shape index (κ2) is 6.93. The van der Waals surface area contributed by atoms with Crippen LogP contribution in [0.25, 0.3) is 0 Å². The summed E-state index contributed by atoms with van der Waals surface area (Å²) in [5, 5.41) is 2.93. The lowest BCUT2D eigenvalue weighted by molar-refractivity contribution is -0.124. The molecule has 78 valence electrons. The molecule has 13 heavy (non-hydrogen) atoms. The van der Waals surface area contributed by atoms with Gasteiger partial charge < -0.3 is 5.32 Å². The summed E-state index contributed by atoms with van der Waals surface area (Å²) in [7, 11) is 0.